The highest BCUT2D eigenvalue weighted by Gasteiger charge is 2.44. The first-order valence-electron chi connectivity index (χ1n) is 7.38. The van der Waals surface area contributed by atoms with Crippen LogP contribution in [-0.2, 0) is 34.7 Å². The molecule has 0 aromatic heterocycles. The summed E-state index contributed by atoms with van der Waals surface area (Å²) in [4.78, 5) is 19.7. The third-order valence-corrected chi connectivity index (χ3v) is 6.25. The van der Waals surface area contributed by atoms with Crippen LogP contribution in [0.1, 0.15) is 27.2 Å². The van der Waals surface area contributed by atoms with E-state index in [0.29, 0.717) is 6.42 Å². The Morgan fingerprint density at radius 3 is 2.29 bits per heavy atom. The minimum Gasteiger partial charge on any atom is -0.378 e. The van der Waals surface area contributed by atoms with Crippen LogP contribution in [0.5, 0.6) is 0 Å². The van der Waals surface area contributed by atoms with E-state index in [1.165, 1.54) is 13.2 Å². The Labute approximate surface area is 149 Å². The second-order valence-corrected chi connectivity index (χ2v) is 11.1. The average molecular weight is 398 g/mol. The van der Waals surface area contributed by atoms with Crippen LogP contribution in [0.3, 0.4) is 0 Å². The molecule has 2 N–H and O–H groups in total. The van der Waals surface area contributed by atoms with Crippen molar-refractivity contribution in [2.24, 2.45) is 5.92 Å². The van der Waals surface area contributed by atoms with E-state index < -0.39 is 37.9 Å². The predicted octanol–water partition coefficient (Wildman–Crippen LogP) is 2.74. The summed E-state index contributed by atoms with van der Waals surface area (Å²) in [6, 6.07) is 0. The fourth-order valence-corrected chi connectivity index (χ4v) is 5.35. The van der Waals surface area contributed by atoms with Gasteiger partial charge in [-0.25, -0.2) is 0 Å². The fraction of sp³-hybridized carbons (Fsp3) is 0.846. The monoisotopic (exact) mass is 398 g/mol. The molecule has 11 heteroatoms. The van der Waals surface area contributed by atoms with E-state index in [2.05, 4.69) is 4.52 Å². The summed E-state index contributed by atoms with van der Waals surface area (Å²) in [6.07, 6.45) is 0.732. The van der Waals surface area contributed by atoms with Gasteiger partial charge in [-0.05, 0) is 44.8 Å². The number of hydrogen-bond acceptors (Lipinski definition) is 6. The SMILES string of the molecule is [B][C@@H]1C[C@H](/C=C/P(=O)(O)OC)[C@@H](OC)[C@H]1OP(O)(=S)OC(C)(C)C. The molecule has 1 fully saturated rings. The Morgan fingerprint density at radius 1 is 1.25 bits per heavy atom. The van der Waals surface area contributed by atoms with Crippen molar-refractivity contribution in [1.29, 1.82) is 0 Å². The molecule has 6 atom stereocenters. The maximum atomic E-state index is 11.6. The van der Waals surface area contributed by atoms with Gasteiger partial charge in [0, 0.05) is 26.0 Å². The lowest BCUT2D eigenvalue weighted by molar-refractivity contribution is -0.00962. The summed E-state index contributed by atoms with van der Waals surface area (Å²) in [5.41, 5.74) is -0.670. The quantitative estimate of drug-likeness (QED) is 0.500. The summed E-state index contributed by atoms with van der Waals surface area (Å²) < 4.78 is 32.5. The Hall–Kier alpha value is 0.445. The van der Waals surface area contributed by atoms with Crippen LogP contribution in [-0.4, -0.2) is 49.7 Å². The highest BCUT2D eigenvalue weighted by Crippen LogP contribution is 2.54. The number of rotatable bonds is 7. The van der Waals surface area contributed by atoms with Crippen LogP contribution >= 0.6 is 14.3 Å². The lowest BCUT2D eigenvalue weighted by atomic mass is 9.84. The minimum absolute atomic E-state index is 0.282. The van der Waals surface area contributed by atoms with Gasteiger partial charge < -0.3 is 28.1 Å². The molecule has 0 saturated heterocycles. The predicted molar refractivity (Wildman–Crippen MR) is 96.6 cm³/mol. The van der Waals surface area contributed by atoms with E-state index in [1.807, 2.05) is 0 Å². The molecule has 2 radical (unpaired) electrons. The average Bonchev–Trinajstić information content (AvgIpc) is 2.69. The Morgan fingerprint density at radius 2 is 1.83 bits per heavy atom. The van der Waals surface area contributed by atoms with Gasteiger partial charge in [-0.3, -0.25) is 4.57 Å². The maximum absolute atomic E-state index is 11.6. The van der Waals surface area contributed by atoms with E-state index in [1.54, 1.807) is 20.8 Å². The van der Waals surface area contributed by atoms with Gasteiger partial charge in [0.15, 0.2) is 0 Å². The van der Waals surface area contributed by atoms with Crippen LogP contribution in [0.25, 0.3) is 0 Å². The van der Waals surface area contributed by atoms with Gasteiger partial charge in [0.25, 0.3) is 0 Å². The smallest absolute Gasteiger partial charge is 0.351 e. The molecule has 1 aliphatic carbocycles. The van der Waals surface area contributed by atoms with E-state index in [-0.39, 0.29) is 5.92 Å². The van der Waals surface area contributed by atoms with E-state index in [9.17, 15) is 14.4 Å². The van der Waals surface area contributed by atoms with Crippen molar-refractivity contribution in [2.45, 2.75) is 50.8 Å². The van der Waals surface area contributed by atoms with Crippen molar-refractivity contribution >= 4 is 34.0 Å². The van der Waals surface area contributed by atoms with Crippen LogP contribution in [0.15, 0.2) is 11.9 Å². The van der Waals surface area contributed by atoms with Crippen molar-refractivity contribution in [3.63, 3.8) is 0 Å². The highest BCUT2D eigenvalue weighted by atomic mass is 32.5. The summed E-state index contributed by atoms with van der Waals surface area (Å²) in [5.74, 6) is 0.345. The summed E-state index contributed by atoms with van der Waals surface area (Å²) in [6.45, 7) is 1.75. The molecule has 138 valence electrons. The van der Waals surface area contributed by atoms with Crippen LogP contribution in [0.2, 0.25) is 5.82 Å². The van der Waals surface area contributed by atoms with Gasteiger partial charge in [0.05, 0.1) is 25.7 Å². The Bertz CT molecular complexity index is 551. The zero-order chi connectivity index (χ0) is 18.8. The lowest BCUT2D eigenvalue weighted by Gasteiger charge is -2.31. The first kappa shape index (κ1) is 22.5. The fourth-order valence-electron chi connectivity index (χ4n) is 2.51. The van der Waals surface area contributed by atoms with Gasteiger partial charge >= 0.3 is 14.3 Å². The van der Waals surface area contributed by atoms with Crippen molar-refractivity contribution in [3.8, 4) is 0 Å². The lowest BCUT2D eigenvalue weighted by Crippen LogP contribution is -2.31. The molecule has 24 heavy (non-hydrogen) atoms. The van der Waals surface area contributed by atoms with Crippen molar-refractivity contribution in [3.05, 3.63) is 11.9 Å². The molecule has 0 aliphatic heterocycles. The van der Waals surface area contributed by atoms with Gasteiger partial charge in [-0.15, -0.1) is 0 Å². The van der Waals surface area contributed by atoms with Crippen LogP contribution in [0.4, 0.5) is 0 Å². The second-order valence-electron chi connectivity index (χ2n) is 6.59. The number of ether oxygens (including phenoxy) is 1. The third-order valence-electron chi connectivity index (χ3n) is 3.41. The molecule has 1 aliphatic rings. The highest BCUT2D eigenvalue weighted by molar-refractivity contribution is 8.07. The molecular weight excluding hydrogens is 373 g/mol. The van der Waals surface area contributed by atoms with Crippen molar-refractivity contribution < 1.29 is 32.7 Å². The summed E-state index contributed by atoms with van der Waals surface area (Å²) >= 11 is 5.05. The Balaban J connectivity index is 2.89. The molecule has 0 heterocycles. The summed E-state index contributed by atoms with van der Waals surface area (Å²) in [7, 11) is 4.93. The van der Waals surface area contributed by atoms with Crippen LogP contribution < -0.4 is 0 Å². The van der Waals surface area contributed by atoms with Gasteiger partial charge in [0.1, 0.15) is 0 Å². The second kappa shape index (κ2) is 8.42. The largest absolute Gasteiger partial charge is 0.378 e. The minimum atomic E-state index is -3.78. The molecule has 1 rings (SSSR count). The standard InChI is InChI=1S/C13H25BO7P2S/c1-13(2,3)21-23(17,24)20-12-10(14)8-9(11(12)18-4)6-7-22(15,16)19-5/h6-7,9-12H,8H2,1-5H3,(H,15,16)(H,17,24)/b7-6+/t9-,10+,11+,12-,23?/m0/s1. The van der Waals surface area contributed by atoms with Gasteiger partial charge in [0.2, 0.25) is 0 Å². The molecule has 0 aromatic carbocycles. The topological polar surface area (TPSA) is 94.5 Å². The first-order chi connectivity index (χ1) is 10.8. The zero-order valence-corrected chi connectivity index (χ0v) is 17.1. The molecule has 0 spiro atoms. The Kier molecular flexibility index (Phi) is 7.89. The zero-order valence-electron chi connectivity index (χ0n) is 14.5. The van der Waals surface area contributed by atoms with Crippen molar-refractivity contribution in [2.75, 3.05) is 14.2 Å². The molecule has 1 saturated carbocycles. The maximum Gasteiger partial charge on any atom is 0.351 e. The normalized spacial score (nSPS) is 33.5. The first-order valence-corrected chi connectivity index (χ1v) is 11.6. The molecule has 7 nitrogen and oxygen atoms in total. The van der Waals surface area contributed by atoms with Gasteiger partial charge in [-0.2, -0.15) is 0 Å². The van der Waals surface area contributed by atoms with Crippen LogP contribution in [0, 0.1) is 5.92 Å². The molecule has 0 amide bonds. The molecule has 0 bridgehead atoms. The van der Waals surface area contributed by atoms with Crippen molar-refractivity contribution in [1.82, 2.24) is 0 Å². The van der Waals surface area contributed by atoms with E-state index in [0.717, 1.165) is 12.9 Å². The van der Waals surface area contributed by atoms with E-state index >= 15 is 0 Å². The van der Waals surface area contributed by atoms with E-state index in [4.69, 9.17) is 33.4 Å². The molecule has 2 unspecified atom stereocenters. The number of hydrogen-bond donors (Lipinski definition) is 2. The molecular formula is C13H25BO7P2S. The third kappa shape index (κ3) is 6.98. The summed E-state index contributed by atoms with van der Waals surface area (Å²) in [5, 5.41) is 0. The molecule has 0 aromatic rings. The number of methoxy groups -OCH3 is 1. The van der Waals surface area contributed by atoms with Gasteiger partial charge in [-0.1, -0.05) is 6.08 Å².